The van der Waals surface area contributed by atoms with Crippen LogP contribution in [0.25, 0.3) is 0 Å². The van der Waals surface area contributed by atoms with E-state index in [-0.39, 0.29) is 0 Å². The number of hydrogen-bond donors (Lipinski definition) is 1. The quantitative estimate of drug-likeness (QED) is 0.827. The summed E-state index contributed by atoms with van der Waals surface area (Å²) in [6, 6.07) is 2.33. The summed E-state index contributed by atoms with van der Waals surface area (Å²) in [5, 5.41) is 10.8. The molecule has 0 aromatic carbocycles. The highest BCUT2D eigenvalue weighted by molar-refractivity contribution is 5.14. The normalized spacial score (nSPS) is 35.2. The number of piperidine rings is 1. The Hall–Kier alpha value is -0.800. The Morgan fingerprint density at radius 2 is 2.38 bits per heavy atom. The molecule has 1 N–H and O–H groups in total. The van der Waals surface area contributed by atoms with Gasteiger partial charge in [0, 0.05) is 19.0 Å². The first-order valence-electron chi connectivity index (χ1n) is 6.25. The van der Waals surface area contributed by atoms with Crippen molar-refractivity contribution in [3.8, 4) is 0 Å². The van der Waals surface area contributed by atoms with Crippen LogP contribution in [0, 0.1) is 0 Å². The fourth-order valence-electron chi connectivity index (χ4n) is 3.32. The molecule has 88 valence electrons. The lowest BCUT2D eigenvalue weighted by Crippen LogP contribution is -2.48. The number of furan rings is 1. The van der Waals surface area contributed by atoms with Gasteiger partial charge in [-0.3, -0.25) is 4.90 Å². The molecule has 1 aromatic heterocycles. The maximum Gasteiger partial charge on any atom is 0.0935 e. The van der Waals surface area contributed by atoms with E-state index in [4.69, 9.17) is 4.42 Å². The summed E-state index contributed by atoms with van der Waals surface area (Å²) in [6.45, 7) is 2.22. The molecule has 3 heteroatoms. The number of nitrogens with zero attached hydrogens (tertiary/aromatic N) is 1. The van der Waals surface area contributed by atoms with Crippen LogP contribution in [-0.4, -0.2) is 34.7 Å². The van der Waals surface area contributed by atoms with Crippen molar-refractivity contribution in [2.24, 2.45) is 0 Å². The molecule has 0 aliphatic carbocycles. The molecule has 2 aliphatic rings. The van der Waals surface area contributed by atoms with Gasteiger partial charge >= 0.3 is 0 Å². The molecule has 0 radical (unpaired) electrons. The predicted octanol–water partition coefficient (Wildman–Crippen LogP) is 1.81. The minimum Gasteiger partial charge on any atom is -0.472 e. The molecule has 0 bridgehead atoms. The second-order valence-corrected chi connectivity index (χ2v) is 5.21. The molecule has 1 aromatic rings. The molecule has 3 nitrogen and oxygen atoms in total. The minimum atomic E-state index is -0.524. The van der Waals surface area contributed by atoms with Gasteiger partial charge in [0.05, 0.1) is 18.1 Å². The molecule has 16 heavy (non-hydrogen) atoms. The Morgan fingerprint density at radius 1 is 1.44 bits per heavy atom. The van der Waals surface area contributed by atoms with Crippen LogP contribution in [0.1, 0.15) is 31.2 Å². The van der Waals surface area contributed by atoms with Crippen LogP contribution in [0.15, 0.2) is 23.0 Å². The number of aliphatic hydroxyl groups is 1. The minimum absolute atomic E-state index is 0.371. The summed E-state index contributed by atoms with van der Waals surface area (Å²) >= 11 is 0. The van der Waals surface area contributed by atoms with Gasteiger partial charge in [0.2, 0.25) is 0 Å². The van der Waals surface area contributed by atoms with Gasteiger partial charge in [0.25, 0.3) is 0 Å². The van der Waals surface area contributed by atoms with E-state index in [1.807, 2.05) is 6.07 Å². The fraction of sp³-hybridized carbons (Fsp3) is 0.692. The Kier molecular flexibility index (Phi) is 2.52. The first kappa shape index (κ1) is 10.4. The third-order valence-electron chi connectivity index (χ3n) is 4.16. The van der Waals surface area contributed by atoms with E-state index in [0.29, 0.717) is 6.04 Å². The molecule has 2 saturated heterocycles. The van der Waals surface area contributed by atoms with Gasteiger partial charge in [-0.05, 0) is 37.4 Å². The van der Waals surface area contributed by atoms with Gasteiger partial charge in [-0.25, -0.2) is 0 Å². The Labute approximate surface area is 96.1 Å². The van der Waals surface area contributed by atoms with E-state index in [9.17, 15) is 5.11 Å². The summed E-state index contributed by atoms with van der Waals surface area (Å²) in [6.07, 6.45) is 8.78. The number of fused-ring (bicyclic) bond motifs is 1. The van der Waals surface area contributed by atoms with Gasteiger partial charge in [0.1, 0.15) is 0 Å². The molecule has 3 rings (SSSR count). The van der Waals surface area contributed by atoms with Crippen molar-refractivity contribution in [3.05, 3.63) is 24.2 Å². The molecule has 0 amide bonds. The zero-order valence-electron chi connectivity index (χ0n) is 9.56. The Morgan fingerprint density at radius 3 is 3.19 bits per heavy atom. The SMILES string of the molecule is OC1(Cc2ccoc2)CCN2CCCCC21. The van der Waals surface area contributed by atoms with Crippen molar-refractivity contribution >= 4 is 0 Å². The van der Waals surface area contributed by atoms with Crippen molar-refractivity contribution in [2.75, 3.05) is 13.1 Å². The standard InChI is InChI=1S/C13H19NO2/c15-13(9-11-4-8-16-10-11)5-7-14-6-2-1-3-12(13)14/h4,8,10,12,15H,1-3,5-7,9H2. The largest absolute Gasteiger partial charge is 0.472 e. The predicted molar refractivity (Wildman–Crippen MR) is 61.2 cm³/mol. The average molecular weight is 221 g/mol. The Balaban J connectivity index is 1.77. The Bertz CT molecular complexity index is 349. The third kappa shape index (κ3) is 1.68. The van der Waals surface area contributed by atoms with Crippen LogP contribution in [0.2, 0.25) is 0 Å². The van der Waals surface area contributed by atoms with E-state index in [1.54, 1.807) is 12.5 Å². The molecule has 3 heterocycles. The van der Waals surface area contributed by atoms with E-state index >= 15 is 0 Å². The van der Waals surface area contributed by atoms with Crippen LogP contribution in [0.4, 0.5) is 0 Å². The van der Waals surface area contributed by atoms with Crippen LogP contribution >= 0.6 is 0 Å². The lowest BCUT2D eigenvalue weighted by atomic mass is 9.84. The molecule has 2 atom stereocenters. The van der Waals surface area contributed by atoms with Gasteiger partial charge in [0.15, 0.2) is 0 Å². The van der Waals surface area contributed by atoms with Gasteiger partial charge in [-0.1, -0.05) is 6.42 Å². The zero-order chi connectivity index (χ0) is 11.0. The van der Waals surface area contributed by atoms with Crippen LogP contribution in [0.5, 0.6) is 0 Å². The highest BCUT2D eigenvalue weighted by atomic mass is 16.3. The van der Waals surface area contributed by atoms with E-state index in [0.717, 1.165) is 31.4 Å². The maximum atomic E-state index is 10.8. The number of hydrogen-bond acceptors (Lipinski definition) is 3. The van der Waals surface area contributed by atoms with Crippen LogP contribution in [-0.2, 0) is 6.42 Å². The molecule has 2 fully saturated rings. The van der Waals surface area contributed by atoms with E-state index in [1.165, 1.54) is 19.4 Å². The molecular weight excluding hydrogens is 202 g/mol. The molecular formula is C13H19NO2. The molecule has 2 unspecified atom stereocenters. The summed E-state index contributed by atoms with van der Waals surface area (Å²) in [7, 11) is 0. The van der Waals surface area contributed by atoms with Crippen LogP contribution in [0.3, 0.4) is 0 Å². The number of rotatable bonds is 2. The molecule has 0 saturated carbocycles. The second-order valence-electron chi connectivity index (χ2n) is 5.21. The van der Waals surface area contributed by atoms with Crippen LogP contribution < -0.4 is 0 Å². The summed E-state index contributed by atoms with van der Waals surface area (Å²) in [4.78, 5) is 2.46. The monoisotopic (exact) mass is 221 g/mol. The van der Waals surface area contributed by atoms with Crippen molar-refractivity contribution < 1.29 is 9.52 Å². The zero-order valence-corrected chi connectivity index (χ0v) is 9.56. The van der Waals surface area contributed by atoms with Gasteiger partial charge in [-0.2, -0.15) is 0 Å². The summed E-state index contributed by atoms with van der Waals surface area (Å²) < 4.78 is 5.08. The summed E-state index contributed by atoms with van der Waals surface area (Å²) in [5.41, 5.74) is 0.597. The molecule has 2 aliphatic heterocycles. The van der Waals surface area contributed by atoms with E-state index < -0.39 is 5.60 Å². The van der Waals surface area contributed by atoms with Crippen molar-refractivity contribution in [3.63, 3.8) is 0 Å². The first-order chi connectivity index (χ1) is 7.78. The maximum absolute atomic E-state index is 10.8. The lowest BCUT2D eigenvalue weighted by Gasteiger charge is -2.37. The third-order valence-corrected chi connectivity index (χ3v) is 4.16. The fourth-order valence-corrected chi connectivity index (χ4v) is 3.32. The lowest BCUT2D eigenvalue weighted by molar-refractivity contribution is -0.00895. The smallest absolute Gasteiger partial charge is 0.0935 e. The first-order valence-corrected chi connectivity index (χ1v) is 6.25. The average Bonchev–Trinajstić information content (AvgIpc) is 2.89. The topological polar surface area (TPSA) is 36.6 Å². The van der Waals surface area contributed by atoms with Crippen molar-refractivity contribution in [2.45, 2.75) is 43.7 Å². The second kappa shape index (κ2) is 3.90. The highest BCUT2D eigenvalue weighted by Gasteiger charge is 2.46. The highest BCUT2D eigenvalue weighted by Crippen LogP contribution is 2.37. The van der Waals surface area contributed by atoms with Gasteiger partial charge in [-0.15, -0.1) is 0 Å². The van der Waals surface area contributed by atoms with Gasteiger partial charge < -0.3 is 9.52 Å². The van der Waals surface area contributed by atoms with Crippen molar-refractivity contribution in [1.29, 1.82) is 0 Å². The van der Waals surface area contributed by atoms with E-state index in [2.05, 4.69) is 4.90 Å². The summed E-state index contributed by atoms with van der Waals surface area (Å²) in [5.74, 6) is 0. The van der Waals surface area contributed by atoms with Crippen molar-refractivity contribution in [1.82, 2.24) is 4.90 Å². The molecule has 0 spiro atoms.